The lowest BCUT2D eigenvalue weighted by Gasteiger charge is -2.21. The van der Waals surface area contributed by atoms with Crippen LogP contribution in [0.4, 0.5) is 0 Å². The number of carbonyl (C=O) groups excluding carboxylic acids is 1. The zero-order valence-corrected chi connectivity index (χ0v) is 13.5. The highest BCUT2D eigenvalue weighted by atomic mass is 32.2. The number of nitrogens with zero attached hydrogens (tertiary/aromatic N) is 1. The van der Waals surface area contributed by atoms with Gasteiger partial charge in [-0.25, -0.2) is 4.79 Å². The van der Waals surface area contributed by atoms with E-state index < -0.39 is 5.97 Å². The van der Waals surface area contributed by atoms with Gasteiger partial charge in [-0.05, 0) is 29.3 Å². The van der Waals surface area contributed by atoms with Crippen molar-refractivity contribution in [1.29, 1.82) is 0 Å². The molecule has 1 atom stereocenters. The summed E-state index contributed by atoms with van der Waals surface area (Å²) < 4.78 is 0. The molecule has 0 radical (unpaired) electrons. The molecule has 0 aromatic heterocycles. The Hall–Kier alpha value is -2.27. The molecule has 3 rings (SSSR count). The van der Waals surface area contributed by atoms with Gasteiger partial charge in [0.05, 0.1) is 11.5 Å². The van der Waals surface area contributed by atoms with Gasteiger partial charge in [-0.3, -0.25) is 4.79 Å². The van der Waals surface area contributed by atoms with E-state index in [2.05, 4.69) is 6.07 Å². The van der Waals surface area contributed by atoms with E-state index in [-0.39, 0.29) is 17.4 Å². The number of fused-ring (bicyclic) bond motifs is 1. The van der Waals surface area contributed by atoms with E-state index in [4.69, 9.17) is 5.11 Å². The van der Waals surface area contributed by atoms with Crippen LogP contribution in [0.3, 0.4) is 0 Å². The average Bonchev–Trinajstić information content (AvgIpc) is 2.98. The Morgan fingerprint density at radius 1 is 1.17 bits per heavy atom. The van der Waals surface area contributed by atoms with E-state index in [9.17, 15) is 9.59 Å². The monoisotopic (exact) mass is 327 g/mol. The van der Waals surface area contributed by atoms with E-state index in [1.54, 1.807) is 48.0 Å². The van der Waals surface area contributed by atoms with Crippen molar-refractivity contribution in [2.75, 3.05) is 12.8 Å². The molecule has 118 valence electrons. The van der Waals surface area contributed by atoms with Gasteiger partial charge in [-0.2, -0.15) is 0 Å². The Kier molecular flexibility index (Phi) is 4.39. The molecule has 2 aromatic rings. The van der Waals surface area contributed by atoms with E-state index >= 15 is 0 Å². The van der Waals surface area contributed by atoms with Gasteiger partial charge >= 0.3 is 5.97 Å². The maximum atomic E-state index is 12.7. The molecule has 1 heterocycles. The van der Waals surface area contributed by atoms with Crippen LogP contribution in [0.2, 0.25) is 0 Å². The predicted molar refractivity (Wildman–Crippen MR) is 89.8 cm³/mol. The summed E-state index contributed by atoms with van der Waals surface area (Å²) in [4.78, 5) is 26.5. The lowest BCUT2D eigenvalue weighted by atomic mass is 10.00. The van der Waals surface area contributed by atoms with Crippen LogP contribution in [0.15, 0.2) is 53.4 Å². The van der Waals surface area contributed by atoms with Crippen LogP contribution in [0.5, 0.6) is 0 Å². The third-order valence-corrected chi connectivity index (χ3v) is 5.18. The van der Waals surface area contributed by atoms with Crippen LogP contribution >= 0.6 is 11.8 Å². The van der Waals surface area contributed by atoms with E-state index in [0.717, 1.165) is 16.9 Å². The summed E-state index contributed by atoms with van der Waals surface area (Å²) >= 11 is 1.72. The van der Waals surface area contributed by atoms with Crippen molar-refractivity contribution in [2.24, 2.45) is 0 Å². The zero-order chi connectivity index (χ0) is 16.4. The van der Waals surface area contributed by atoms with Crippen molar-refractivity contribution in [3.05, 3.63) is 65.2 Å². The number of carboxylic acid groups (broad SMARTS) is 1. The van der Waals surface area contributed by atoms with Crippen LogP contribution in [0.1, 0.15) is 27.4 Å². The number of carboxylic acids is 1. The molecule has 1 aliphatic rings. The summed E-state index contributed by atoms with van der Waals surface area (Å²) in [7, 11) is 1.79. The highest BCUT2D eigenvalue weighted by molar-refractivity contribution is 7.99. The molecular weight excluding hydrogens is 310 g/mol. The highest BCUT2D eigenvalue weighted by Crippen LogP contribution is 2.40. The second-order valence-electron chi connectivity index (χ2n) is 5.60. The molecule has 0 spiro atoms. The van der Waals surface area contributed by atoms with Crippen LogP contribution in [-0.2, 0) is 11.3 Å². The minimum absolute atomic E-state index is 0.0977. The minimum atomic E-state index is -0.944. The number of aromatic carboxylic acids is 1. The quantitative estimate of drug-likeness (QED) is 0.937. The van der Waals surface area contributed by atoms with Crippen molar-refractivity contribution in [1.82, 2.24) is 4.90 Å². The van der Waals surface area contributed by atoms with Crippen LogP contribution in [0.25, 0.3) is 0 Å². The summed E-state index contributed by atoms with van der Waals surface area (Å²) in [6.45, 7) is 0.474. The van der Waals surface area contributed by atoms with Crippen molar-refractivity contribution in [3.63, 3.8) is 0 Å². The van der Waals surface area contributed by atoms with E-state index in [1.807, 2.05) is 18.2 Å². The third-order valence-electron chi connectivity index (χ3n) is 3.99. The maximum Gasteiger partial charge on any atom is 0.335 e. The highest BCUT2D eigenvalue weighted by Gasteiger charge is 2.30. The summed E-state index contributed by atoms with van der Waals surface area (Å²) in [5.74, 6) is -0.162. The number of benzene rings is 2. The molecule has 0 saturated heterocycles. The summed E-state index contributed by atoms with van der Waals surface area (Å²) in [5, 5.41) is 8.92. The largest absolute Gasteiger partial charge is 0.478 e. The van der Waals surface area contributed by atoms with Crippen LogP contribution in [0, 0.1) is 0 Å². The Morgan fingerprint density at radius 3 is 2.57 bits per heavy atom. The maximum absolute atomic E-state index is 12.7. The molecule has 4 nitrogen and oxygen atoms in total. The first kappa shape index (κ1) is 15.6. The van der Waals surface area contributed by atoms with Crippen molar-refractivity contribution in [2.45, 2.75) is 17.4 Å². The molecule has 1 N–H and O–H groups in total. The lowest BCUT2D eigenvalue weighted by molar-refractivity contribution is -0.131. The van der Waals surface area contributed by atoms with Gasteiger partial charge in [0.2, 0.25) is 5.91 Å². The minimum Gasteiger partial charge on any atom is -0.478 e. The molecule has 23 heavy (non-hydrogen) atoms. The number of hydrogen-bond acceptors (Lipinski definition) is 3. The van der Waals surface area contributed by atoms with Crippen LogP contribution < -0.4 is 0 Å². The number of likely N-dealkylation sites (N-methyl/N-ethyl adjacent to an activating group) is 1. The Morgan fingerprint density at radius 2 is 1.87 bits per heavy atom. The number of thioether (sulfide) groups is 1. The van der Waals surface area contributed by atoms with Gasteiger partial charge in [-0.15, -0.1) is 11.8 Å². The molecule has 2 aromatic carbocycles. The van der Waals surface area contributed by atoms with Crippen molar-refractivity contribution in [3.8, 4) is 0 Å². The van der Waals surface area contributed by atoms with Crippen molar-refractivity contribution < 1.29 is 14.7 Å². The fourth-order valence-electron chi connectivity index (χ4n) is 2.74. The van der Waals surface area contributed by atoms with E-state index in [1.165, 1.54) is 4.90 Å². The van der Waals surface area contributed by atoms with Gasteiger partial charge < -0.3 is 10.0 Å². The molecule has 0 fully saturated rings. The standard InChI is InChI=1S/C18H17NO3S/c1-19(10-12-6-8-13(9-7-12)18(21)22)17(20)15-11-23-16-5-3-2-4-14(15)16/h2-9,15H,10-11H2,1H3,(H,21,22)/t15-/m0/s1. The fourth-order valence-corrected chi connectivity index (χ4v) is 3.96. The first-order valence-electron chi connectivity index (χ1n) is 7.35. The average molecular weight is 327 g/mol. The fraction of sp³-hybridized carbons (Fsp3) is 0.222. The van der Waals surface area contributed by atoms with Gasteiger partial charge in [0.1, 0.15) is 0 Å². The third kappa shape index (κ3) is 3.24. The smallest absolute Gasteiger partial charge is 0.335 e. The summed E-state index contributed by atoms with van der Waals surface area (Å²) in [6.07, 6.45) is 0. The van der Waals surface area contributed by atoms with Crippen molar-refractivity contribution >= 4 is 23.6 Å². The number of amides is 1. The molecule has 0 saturated carbocycles. The number of carbonyl (C=O) groups is 2. The number of hydrogen-bond donors (Lipinski definition) is 1. The second-order valence-corrected chi connectivity index (χ2v) is 6.66. The summed E-state index contributed by atoms with van der Waals surface area (Å²) in [5.41, 5.74) is 2.28. The predicted octanol–water partition coefficient (Wildman–Crippen LogP) is 3.23. The normalized spacial score (nSPS) is 16.0. The molecule has 5 heteroatoms. The lowest BCUT2D eigenvalue weighted by Crippen LogP contribution is -2.31. The first-order chi connectivity index (χ1) is 11.1. The Labute approximate surface area is 139 Å². The molecule has 0 unspecified atom stereocenters. The Bertz CT molecular complexity index is 742. The molecule has 1 amide bonds. The summed E-state index contributed by atoms with van der Waals surface area (Å²) in [6, 6.07) is 14.7. The molecule has 0 aliphatic carbocycles. The topological polar surface area (TPSA) is 57.6 Å². The number of rotatable bonds is 4. The molecule has 0 bridgehead atoms. The van der Waals surface area contributed by atoms with Gasteiger partial charge in [0.25, 0.3) is 0 Å². The van der Waals surface area contributed by atoms with Gasteiger partial charge in [0, 0.05) is 24.2 Å². The SMILES string of the molecule is CN(Cc1ccc(C(=O)O)cc1)C(=O)[C@H]1CSc2ccccc21. The second kappa shape index (κ2) is 6.46. The van der Waals surface area contributed by atoms with E-state index in [0.29, 0.717) is 6.54 Å². The van der Waals surface area contributed by atoms with Gasteiger partial charge in [-0.1, -0.05) is 30.3 Å². The first-order valence-corrected chi connectivity index (χ1v) is 8.34. The van der Waals surface area contributed by atoms with Gasteiger partial charge in [0.15, 0.2) is 0 Å². The zero-order valence-electron chi connectivity index (χ0n) is 12.7. The molecular formula is C18H17NO3S. The van der Waals surface area contributed by atoms with Crippen LogP contribution in [-0.4, -0.2) is 34.7 Å². The Balaban J connectivity index is 1.70. The molecule has 1 aliphatic heterocycles.